The third kappa shape index (κ3) is 4.81. The van der Waals surface area contributed by atoms with E-state index in [2.05, 4.69) is 16.2 Å². The number of benzene rings is 1. The Morgan fingerprint density at radius 2 is 1.61 bits per heavy atom. The molecule has 2 fully saturated rings. The fourth-order valence-corrected chi connectivity index (χ4v) is 3.65. The maximum atomic E-state index is 12.3. The van der Waals surface area contributed by atoms with Gasteiger partial charge in [0.2, 0.25) is 11.8 Å². The summed E-state index contributed by atoms with van der Waals surface area (Å²) in [6, 6.07) is 4.48. The number of hydrogen-bond donors (Lipinski definition) is 4. The summed E-state index contributed by atoms with van der Waals surface area (Å²) in [6.45, 7) is 0. The molecule has 0 bridgehead atoms. The van der Waals surface area contributed by atoms with Crippen molar-refractivity contribution in [2.45, 2.75) is 38.5 Å². The summed E-state index contributed by atoms with van der Waals surface area (Å²) in [5.41, 5.74) is 5.21. The number of halogens is 1. The Hall–Kier alpha value is -2.61. The lowest BCUT2D eigenvalue weighted by Gasteiger charge is -2.27. The van der Waals surface area contributed by atoms with Crippen LogP contribution in [0, 0.1) is 17.8 Å². The van der Waals surface area contributed by atoms with Crippen molar-refractivity contribution in [1.82, 2.24) is 10.9 Å². The molecule has 2 unspecified atom stereocenters. The molecular formula is C19H22ClN3O5. The van der Waals surface area contributed by atoms with E-state index in [1.807, 2.05) is 0 Å². The predicted octanol–water partition coefficient (Wildman–Crippen LogP) is 2.34. The summed E-state index contributed by atoms with van der Waals surface area (Å²) in [6.07, 6.45) is 4.21. The summed E-state index contributed by atoms with van der Waals surface area (Å²) < 4.78 is 0. The average Bonchev–Trinajstić information content (AvgIpc) is 3.51. The van der Waals surface area contributed by atoms with Gasteiger partial charge in [0, 0.05) is 11.6 Å². The largest absolute Gasteiger partial charge is 0.481 e. The number of carbonyl (C=O) groups is 4. The molecule has 0 heterocycles. The number of hydrogen-bond acceptors (Lipinski definition) is 4. The number of amides is 3. The van der Waals surface area contributed by atoms with Gasteiger partial charge in [-0.3, -0.25) is 30.0 Å². The first-order valence-corrected chi connectivity index (χ1v) is 9.68. The molecule has 0 aromatic heterocycles. The number of carbonyl (C=O) groups excluding carboxylic acids is 3. The Morgan fingerprint density at radius 3 is 2.21 bits per heavy atom. The van der Waals surface area contributed by atoms with Gasteiger partial charge in [-0.15, -0.1) is 0 Å². The molecule has 0 radical (unpaired) electrons. The number of aliphatic carboxylic acids is 1. The number of hydrazine groups is 1. The van der Waals surface area contributed by atoms with E-state index in [0.29, 0.717) is 18.5 Å². The quantitative estimate of drug-likeness (QED) is 0.557. The van der Waals surface area contributed by atoms with E-state index in [1.165, 1.54) is 12.1 Å². The summed E-state index contributed by atoms with van der Waals surface area (Å²) >= 11 is 6.13. The van der Waals surface area contributed by atoms with Crippen molar-refractivity contribution in [1.29, 1.82) is 0 Å². The van der Waals surface area contributed by atoms with E-state index in [0.717, 1.165) is 25.7 Å². The van der Waals surface area contributed by atoms with Crippen LogP contribution < -0.4 is 16.2 Å². The number of rotatable bonds is 5. The van der Waals surface area contributed by atoms with Crippen LogP contribution in [0.1, 0.15) is 48.9 Å². The summed E-state index contributed by atoms with van der Waals surface area (Å²) in [5.74, 6) is -3.60. The van der Waals surface area contributed by atoms with Crippen LogP contribution in [-0.2, 0) is 14.4 Å². The van der Waals surface area contributed by atoms with Gasteiger partial charge in [0.1, 0.15) is 0 Å². The molecule has 8 nitrogen and oxygen atoms in total. The molecular weight excluding hydrogens is 386 g/mol. The Bertz CT molecular complexity index is 809. The average molecular weight is 408 g/mol. The number of carboxylic acid groups (broad SMARTS) is 1. The van der Waals surface area contributed by atoms with Gasteiger partial charge >= 0.3 is 5.97 Å². The molecule has 150 valence electrons. The highest BCUT2D eigenvalue weighted by molar-refractivity contribution is 6.34. The highest BCUT2D eigenvalue weighted by atomic mass is 35.5. The smallest absolute Gasteiger partial charge is 0.307 e. The van der Waals surface area contributed by atoms with E-state index in [1.54, 1.807) is 6.07 Å². The van der Waals surface area contributed by atoms with Crippen LogP contribution in [0.15, 0.2) is 18.2 Å². The van der Waals surface area contributed by atoms with Gasteiger partial charge < -0.3 is 10.4 Å². The zero-order valence-electron chi connectivity index (χ0n) is 15.2. The molecule has 0 spiro atoms. The van der Waals surface area contributed by atoms with Crippen LogP contribution in [0.25, 0.3) is 0 Å². The first-order chi connectivity index (χ1) is 13.4. The number of nitrogens with one attached hydrogen (secondary N) is 3. The second-order valence-electron chi connectivity index (χ2n) is 7.24. The lowest BCUT2D eigenvalue weighted by atomic mass is 9.79. The molecule has 9 heteroatoms. The van der Waals surface area contributed by atoms with E-state index < -0.39 is 29.6 Å². The van der Waals surface area contributed by atoms with E-state index in [9.17, 15) is 24.3 Å². The van der Waals surface area contributed by atoms with Gasteiger partial charge in [0.05, 0.1) is 22.4 Å². The fourth-order valence-electron chi connectivity index (χ4n) is 3.39. The second kappa shape index (κ2) is 8.60. The molecule has 4 N–H and O–H groups in total. The molecule has 2 atom stereocenters. The Kier molecular flexibility index (Phi) is 6.18. The first-order valence-electron chi connectivity index (χ1n) is 9.30. The van der Waals surface area contributed by atoms with Crippen molar-refractivity contribution in [3.05, 3.63) is 28.8 Å². The van der Waals surface area contributed by atoms with Gasteiger partial charge in [0.15, 0.2) is 0 Å². The van der Waals surface area contributed by atoms with Gasteiger partial charge in [-0.05, 0) is 43.9 Å². The van der Waals surface area contributed by atoms with E-state index >= 15 is 0 Å². The molecule has 1 aromatic rings. The van der Waals surface area contributed by atoms with E-state index in [-0.39, 0.29) is 22.4 Å². The van der Waals surface area contributed by atoms with Crippen LogP contribution in [0.5, 0.6) is 0 Å². The van der Waals surface area contributed by atoms with Crippen molar-refractivity contribution in [3.8, 4) is 0 Å². The van der Waals surface area contributed by atoms with Gasteiger partial charge in [0.25, 0.3) is 5.91 Å². The Labute approximate surface area is 167 Å². The lowest BCUT2D eigenvalue weighted by Crippen LogP contribution is -2.47. The number of anilines is 1. The SMILES string of the molecule is O=C(NNC(=O)C1CCCCC1C(=O)O)c1ccc(NC(=O)C2CC2)cc1Cl. The maximum absolute atomic E-state index is 12.3. The highest BCUT2D eigenvalue weighted by Gasteiger charge is 2.36. The van der Waals surface area contributed by atoms with Crippen LogP contribution in [-0.4, -0.2) is 28.8 Å². The molecule has 1 aromatic carbocycles. The zero-order valence-corrected chi connectivity index (χ0v) is 15.9. The summed E-state index contributed by atoms with van der Waals surface area (Å²) in [5, 5.41) is 12.1. The van der Waals surface area contributed by atoms with Crippen molar-refractivity contribution in [3.63, 3.8) is 0 Å². The van der Waals surface area contributed by atoms with Crippen molar-refractivity contribution in [2.75, 3.05) is 5.32 Å². The summed E-state index contributed by atoms with van der Waals surface area (Å²) in [7, 11) is 0. The minimum absolute atomic E-state index is 0.0476. The summed E-state index contributed by atoms with van der Waals surface area (Å²) in [4.78, 5) is 47.7. The second-order valence-corrected chi connectivity index (χ2v) is 7.64. The minimum atomic E-state index is -1.00. The molecule has 0 aliphatic heterocycles. The first kappa shape index (κ1) is 20.1. The van der Waals surface area contributed by atoms with Crippen molar-refractivity contribution in [2.24, 2.45) is 17.8 Å². The van der Waals surface area contributed by atoms with E-state index in [4.69, 9.17) is 11.6 Å². The molecule has 28 heavy (non-hydrogen) atoms. The van der Waals surface area contributed by atoms with Crippen LogP contribution in [0.3, 0.4) is 0 Å². The third-order valence-corrected chi connectivity index (χ3v) is 5.46. The third-order valence-electron chi connectivity index (χ3n) is 5.15. The maximum Gasteiger partial charge on any atom is 0.307 e. The van der Waals surface area contributed by atoms with Crippen LogP contribution in [0.2, 0.25) is 5.02 Å². The van der Waals surface area contributed by atoms with Crippen molar-refractivity contribution >= 4 is 41.0 Å². The van der Waals surface area contributed by atoms with Gasteiger partial charge in [-0.25, -0.2) is 0 Å². The standard InChI is InChI=1S/C19H22ClN3O5/c20-15-9-11(21-16(24)10-5-6-10)7-8-14(15)18(26)23-22-17(25)12-3-1-2-4-13(12)19(27)28/h7-10,12-13H,1-6H2,(H,21,24)(H,22,25)(H,23,26)(H,27,28). The lowest BCUT2D eigenvalue weighted by molar-refractivity contribution is -0.149. The topological polar surface area (TPSA) is 125 Å². The highest BCUT2D eigenvalue weighted by Crippen LogP contribution is 2.31. The molecule has 2 aliphatic rings. The normalized spacial score (nSPS) is 21.5. The van der Waals surface area contributed by atoms with Crippen molar-refractivity contribution < 1.29 is 24.3 Å². The fraction of sp³-hybridized carbons (Fsp3) is 0.474. The zero-order chi connectivity index (χ0) is 20.3. The molecule has 2 saturated carbocycles. The predicted molar refractivity (Wildman–Crippen MR) is 101 cm³/mol. The minimum Gasteiger partial charge on any atom is -0.481 e. The molecule has 3 rings (SSSR count). The van der Waals surface area contributed by atoms with Crippen LogP contribution >= 0.6 is 11.6 Å². The monoisotopic (exact) mass is 407 g/mol. The Morgan fingerprint density at radius 1 is 0.929 bits per heavy atom. The van der Waals surface area contributed by atoms with Crippen LogP contribution in [0.4, 0.5) is 5.69 Å². The number of carboxylic acids is 1. The Balaban J connectivity index is 1.57. The molecule has 0 saturated heterocycles. The molecule has 2 aliphatic carbocycles. The van der Waals surface area contributed by atoms with Gasteiger partial charge in [-0.2, -0.15) is 0 Å². The van der Waals surface area contributed by atoms with Gasteiger partial charge in [-0.1, -0.05) is 24.4 Å². The molecule has 3 amide bonds.